The van der Waals surface area contributed by atoms with E-state index >= 15 is 0 Å². The van der Waals surface area contributed by atoms with Crippen molar-refractivity contribution in [1.29, 1.82) is 0 Å². The van der Waals surface area contributed by atoms with Gasteiger partial charge in [-0.3, -0.25) is 4.90 Å². The zero-order chi connectivity index (χ0) is 14.1. The van der Waals surface area contributed by atoms with Gasteiger partial charge in [0.15, 0.2) is 11.5 Å². The summed E-state index contributed by atoms with van der Waals surface area (Å²) in [6.07, 6.45) is 2.30. The van der Waals surface area contributed by atoms with Crippen LogP contribution in [0.5, 0.6) is 11.5 Å². The zero-order valence-corrected chi connectivity index (χ0v) is 12.2. The molecule has 1 aliphatic carbocycles. The number of ether oxygens (including phenoxy) is 2. The van der Waals surface area contributed by atoms with Gasteiger partial charge < -0.3 is 14.6 Å². The van der Waals surface area contributed by atoms with Gasteiger partial charge in [-0.05, 0) is 29.7 Å². The van der Waals surface area contributed by atoms with Crippen LogP contribution in [0.1, 0.15) is 23.5 Å². The summed E-state index contributed by atoms with van der Waals surface area (Å²) in [4.78, 5) is 2.48. The van der Waals surface area contributed by atoms with E-state index in [2.05, 4.69) is 23.1 Å². The Bertz CT molecular complexity index is 659. The number of rotatable bonds is 0. The van der Waals surface area contributed by atoms with Crippen molar-refractivity contribution >= 4 is 11.6 Å². The van der Waals surface area contributed by atoms with Crippen molar-refractivity contribution < 1.29 is 14.6 Å². The van der Waals surface area contributed by atoms with Crippen molar-refractivity contribution in [2.75, 3.05) is 13.3 Å². The highest BCUT2D eigenvalue weighted by Gasteiger charge is 2.48. The summed E-state index contributed by atoms with van der Waals surface area (Å²) in [5.74, 6) is 2.54. The number of hydrogen-bond acceptors (Lipinski definition) is 4. The third-order valence-electron chi connectivity index (χ3n) is 5.35. The lowest BCUT2D eigenvalue weighted by atomic mass is 9.79. The molecule has 3 aliphatic heterocycles. The van der Waals surface area contributed by atoms with Crippen LogP contribution in [-0.4, -0.2) is 35.5 Å². The van der Waals surface area contributed by atoms with Gasteiger partial charge in [0, 0.05) is 36.0 Å². The topological polar surface area (TPSA) is 41.9 Å². The Morgan fingerprint density at radius 1 is 1.24 bits per heavy atom. The summed E-state index contributed by atoms with van der Waals surface area (Å²) in [6.45, 7) is 2.27. The Labute approximate surface area is 127 Å². The molecule has 1 fully saturated rings. The van der Waals surface area contributed by atoms with Gasteiger partial charge in [0.2, 0.25) is 6.79 Å². The number of aliphatic hydroxyl groups excluding tert-OH is 1. The Morgan fingerprint density at radius 3 is 2.90 bits per heavy atom. The number of halogens is 1. The first-order valence-electron chi connectivity index (χ1n) is 7.42. The molecule has 5 rings (SSSR count). The van der Waals surface area contributed by atoms with Crippen LogP contribution in [0.15, 0.2) is 23.2 Å². The van der Waals surface area contributed by atoms with E-state index in [9.17, 15) is 5.11 Å². The van der Waals surface area contributed by atoms with E-state index in [0.717, 1.165) is 31.0 Å². The first-order chi connectivity index (χ1) is 10.2. The van der Waals surface area contributed by atoms with Crippen LogP contribution in [0, 0.1) is 5.92 Å². The number of nitrogens with zero attached hydrogens (tertiary/aromatic N) is 1. The molecule has 3 heterocycles. The van der Waals surface area contributed by atoms with Crippen LogP contribution in [0.2, 0.25) is 0 Å². The fourth-order valence-corrected chi connectivity index (χ4v) is 4.61. The lowest BCUT2D eigenvalue weighted by molar-refractivity contribution is 0.127. The van der Waals surface area contributed by atoms with Crippen molar-refractivity contribution in [2.24, 2.45) is 5.92 Å². The predicted molar refractivity (Wildman–Crippen MR) is 77.6 cm³/mol. The summed E-state index contributed by atoms with van der Waals surface area (Å²) in [5, 5.41) is 10.6. The first kappa shape index (κ1) is 12.3. The molecule has 4 aliphatic rings. The fraction of sp³-hybridized carbons (Fsp3) is 0.500. The summed E-state index contributed by atoms with van der Waals surface area (Å²) < 4.78 is 11.0. The SMILES string of the molecule is O[C@H]1C[C@H]2[C@@H](C=C1Cl)[C@H]1CN2Cc2cc3c(cc21)OCO3. The van der Waals surface area contributed by atoms with Gasteiger partial charge in [0.05, 0.1) is 6.10 Å². The van der Waals surface area contributed by atoms with E-state index in [-0.39, 0.29) is 0 Å². The standard InChI is InChI=1S/C16H16ClNO3/c17-12-2-10-11-6-18(13(10)4-14(12)19)5-8-1-15-16(3-9(8)11)21-7-20-15/h1-3,10-11,13-14,19H,4-7H2/t10-,11-,13-,14-/m0/s1. The van der Waals surface area contributed by atoms with E-state index in [4.69, 9.17) is 21.1 Å². The maximum absolute atomic E-state index is 10.0. The second-order valence-corrected chi connectivity index (χ2v) is 6.82. The van der Waals surface area contributed by atoms with Crippen LogP contribution in [-0.2, 0) is 6.54 Å². The first-order valence-corrected chi connectivity index (χ1v) is 7.80. The molecule has 21 heavy (non-hydrogen) atoms. The Morgan fingerprint density at radius 2 is 2.05 bits per heavy atom. The summed E-state index contributed by atoms with van der Waals surface area (Å²) >= 11 is 6.19. The van der Waals surface area contributed by atoms with Crippen molar-refractivity contribution in [2.45, 2.75) is 31.0 Å². The number of benzene rings is 1. The maximum atomic E-state index is 10.0. The normalized spacial score (nSPS) is 38.8. The largest absolute Gasteiger partial charge is 0.454 e. The molecular weight excluding hydrogens is 290 g/mol. The average Bonchev–Trinajstić information content (AvgIpc) is 3.03. The predicted octanol–water partition coefficient (Wildman–Crippen LogP) is 2.20. The second-order valence-electron chi connectivity index (χ2n) is 6.39. The van der Waals surface area contributed by atoms with Crippen molar-refractivity contribution in [1.82, 2.24) is 4.90 Å². The lowest BCUT2D eigenvalue weighted by Crippen LogP contribution is -2.37. The van der Waals surface area contributed by atoms with Gasteiger partial charge in [-0.25, -0.2) is 0 Å². The van der Waals surface area contributed by atoms with E-state index in [0.29, 0.717) is 29.7 Å². The molecule has 0 spiro atoms. The quantitative estimate of drug-likeness (QED) is 0.798. The monoisotopic (exact) mass is 305 g/mol. The number of aliphatic hydroxyl groups is 1. The zero-order valence-electron chi connectivity index (χ0n) is 11.5. The highest BCUT2D eigenvalue weighted by atomic mass is 35.5. The Kier molecular flexibility index (Phi) is 2.44. The van der Waals surface area contributed by atoms with Gasteiger partial charge in [0.25, 0.3) is 0 Å². The minimum Gasteiger partial charge on any atom is -0.454 e. The fourth-order valence-electron chi connectivity index (χ4n) is 4.38. The van der Waals surface area contributed by atoms with Crippen molar-refractivity contribution in [3.8, 4) is 11.5 Å². The highest BCUT2D eigenvalue weighted by molar-refractivity contribution is 6.30. The molecule has 4 nitrogen and oxygen atoms in total. The molecule has 110 valence electrons. The van der Waals surface area contributed by atoms with Gasteiger partial charge in [0.1, 0.15) is 0 Å². The molecule has 5 heteroatoms. The lowest BCUT2D eigenvalue weighted by Gasteiger charge is -2.31. The maximum Gasteiger partial charge on any atom is 0.231 e. The van der Waals surface area contributed by atoms with Crippen LogP contribution < -0.4 is 9.47 Å². The van der Waals surface area contributed by atoms with E-state index in [1.54, 1.807) is 0 Å². The smallest absolute Gasteiger partial charge is 0.231 e. The molecule has 1 aromatic rings. The molecule has 1 N–H and O–H groups in total. The average molecular weight is 306 g/mol. The Hall–Kier alpha value is -1.23. The third-order valence-corrected chi connectivity index (χ3v) is 5.73. The van der Waals surface area contributed by atoms with Crippen LogP contribution in [0.25, 0.3) is 0 Å². The molecule has 1 saturated heterocycles. The third kappa shape index (κ3) is 1.64. The van der Waals surface area contributed by atoms with E-state index < -0.39 is 6.10 Å². The molecule has 5 atom stereocenters. The van der Waals surface area contributed by atoms with Gasteiger partial charge >= 0.3 is 0 Å². The summed E-state index contributed by atoms with van der Waals surface area (Å²) in [7, 11) is 0. The summed E-state index contributed by atoms with van der Waals surface area (Å²) in [6, 6.07) is 4.65. The minimum atomic E-state index is -0.507. The summed E-state index contributed by atoms with van der Waals surface area (Å²) in [5.41, 5.74) is 2.68. The minimum absolute atomic E-state index is 0.316. The number of fused-ring (bicyclic) bond motifs is 8. The number of hydrogen-bond donors (Lipinski definition) is 1. The van der Waals surface area contributed by atoms with Crippen molar-refractivity contribution in [3.63, 3.8) is 0 Å². The second kappa shape index (κ2) is 4.15. The van der Waals surface area contributed by atoms with Crippen molar-refractivity contribution in [3.05, 3.63) is 34.4 Å². The van der Waals surface area contributed by atoms with Crippen LogP contribution in [0.3, 0.4) is 0 Å². The van der Waals surface area contributed by atoms with Gasteiger partial charge in [-0.2, -0.15) is 0 Å². The molecular formula is C16H16ClNO3. The van der Waals surface area contributed by atoms with E-state index in [1.807, 2.05) is 0 Å². The van der Waals surface area contributed by atoms with Gasteiger partial charge in [-0.1, -0.05) is 17.7 Å². The highest BCUT2D eigenvalue weighted by Crippen LogP contribution is 2.51. The molecule has 1 unspecified atom stereocenters. The molecule has 0 amide bonds. The molecule has 0 saturated carbocycles. The van der Waals surface area contributed by atoms with Gasteiger partial charge in [-0.15, -0.1) is 0 Å². The van der Waals surface area contributed by atoms with Crippen LogP contribution >= 0.6 is 11.6 Å². The molecule has 0 aromatic heterocycles. The van der Waals surface area contributed by atoms with E-state index in [1.165, 1.54) is 11.1 Å². The molecule has 2 bridgehead atoms. The Balaban J connectivity index is 1.61. The molecule has 1 aromatic carbocycles. The van der Waals surface area contributed by atoms with Crippen LogP contribution in [0.4, 0.5) is 0 Å². The molecule has 0 radical (unpaired) electrons.